The highest BCUT2D eigenvalue weighted by atomic mass is 16.1. The summed E-state index contributed by atoms with van der Waals surface area (Å²) in [4.78, 5) is 21.4. The van der Waals surface area contributed by atoms with Gasteiger partial charge in [0.1, 0.15) is 5.84 Å². The van der Waals surface area contributed by atoms with Gasteiger partial charge in [-0.25, -0.2) is 4.99 Å². The molecule has 5 nitrogen and oxygen atoms in total. The molecular weight excluding hydrogens is 348 g/mol. The van der Waals surface area contributed by atoms with E-state index in [1.807, 2.05) is 12.3 Å². The van der Waals surface area contributed by atoms with E-state index in [-0.39, 0.29) is 5.91 Å². The van der Waals surface area contributed by atoms with E-state index in [0.29, 0.717) is 12.1 Å². The van der Waals surface area contributed by atoms with E-state index >= 15 is 0 Å². The Bertz CT molecular complexity index is 928. The van der Waals surface area contributed by atoms with Crippen LogP contribution in [0.2, 0.25) is 0 Å². The van der Waals surface area contributed by atoms with Gasteiger partial charge in [0, 0.05) is 60.7 Å². The van der Waals surface area contributed by atoms with Crippen molar-refractivity contribution in [2.45, 2.75) is 51.7 Å². The molecule has 28 heavy (non-hydrogen) atoms. The van der Waals surface area contributed by atoms with Gasteiger partial charge in [-0.3, -0.25) is 9.69 Å². The zero-order valence-corrected chi connectivity index (χ0v) is 16.5. The number of rotatable bonds is 3. The molecule has 0 radical (unpaired) electrons. The number of nitrogens with one attached hydrogen (secondary N) is 1. The van der Waals surface area contributed by atoms with Crippen LogP contribution in [0.4, 0.5) is 0 Å². The van der Waals surface area contributed by atoms with Gasteiger partial charge in [0.15, 0.2) is 0 Å². The molecule has 0 spiro atoms. The minimum Gasteiger partial charge on any atom is -0.324 e. The minimum absolute atomic E-state index is 0.0593. The molecule has 1 saturated heterocycles. The molecule has 2 unspecified atom stereocenters. The Kier molecular flexibility index (Phi) is 4.20. The summed E-state index contributed by atoms with van der Waals surface area (Å²) in [6, 6.07) is 10.2. The van der Waals surface area contributed by atoms with Gasteiger partial charge in [-0.15, -0.1) is 0 Å². The van der Waals surface area contributed by atoms with Crippen molar-refractivity contribution in [1.29, 1.82) is 0 Å². The molecule has 4 aliphatic rings. The third-order valence-corrected chi connectivity index (χ3v) is 6.40. The number of carbonyl (C=O) groups is 1. The first-order valence-corrected chi connectivity index (χ1v) is 10.2. The van der Waals surface area contributed by atoms with Gasteiger partial charge in [0.05, 0.1) is 5.70 Å². The van der Waals surface area contributed by atoms with Gasteiger partial charge in [-0.1, -0.05) is 24.3 Å². The maximum absolute atomic E-state index is 11.9. The molecule has 0 saturated carbocycles. The van der Waals surface area contributed by atoms with Gasteiger partial charge < -0.3 is 10.2 Å². The number of likely N-dealkylation sites (tertiary alicyclic amines) is 1. The summed E-state index contributed by atoms with van der Waals surface area (Å²) >= 11 is 0. The van der Waals surface area contributed by atoms with E-state index in [2.05, 4.69) is 53.2 Å². The second-order valence-electron chi connectivity index (χ2n) is 8.23. The number of amides is 1. The summed E-state index contributed by atoms with van der Waals surface area (Å²) in [5.41, 5.74) is 5.57. The number of nitrogens with zero attached hydrogens (tertiary/aromatic N) is 3. The van der Waals surface area contributed by atoms with Crippen LogP contribution in [0.1, 0.15) is 44.2 Å². The van der Waals surface area contributed by atoms with Gasteiger partial charge in [0.2, 0.25) is 5.91 Å². The predicted octanol–water partition coefficient (Wildman–Crippen LogP) is 3.31. The molecular formula is C23H26N4O. The highest BCUT2D eigenvalue weighted by Crippen LogP contribution is 2.34. The monoisotopic (exact) mass is 374 g/mol. The Morgan fingerprint density at radius 3 is 2.61 bits per heavy atom. The van der Waals surface area contributed by atoms with E-state index in [1.165, 1.54) is 18.4 Å². The van der Waals surface area contributed by atoms with Crippen LogP contribution < -0.4 is 5.32 Å². The van der Waals surface area contributed by atoms with Crippen LogP contribution in [0.3, 0.4) is 0 Å². The Morgan fingerprint density at radius 1 is 1.11 bits per heavy atom. The van der Waals surface area contributed by atoms with E-state index in [4.69, 9.17) is 4.99 Å². The minimum atomic E-state index is -0.0593. The summed E-state index contributed by atoms with van der Waals surface area (Å²) < 4.78 is 0. The van der Waals surface area contributed by atoms with Crippen LogP contribution in [-0.4, -0.2) is 40.2 Å². The SMILES string of the molecule is CC1CCC(C)N1Cc1ccc(C2=NC=C3C=CC(=O)NC4=C3N2CC4)cc1. The van der Waals surface area contributed by atoms with Gasteiger partial charge in [0.25, 0.3) is 0 Å². The number of benzene rings is 1. The number of allylic oxidation sites excluding steroid dienone is 1. The van der Waals surface area contributed by atoms with Crippen molar-refractivity contribution in [3.05, 3.63) is 70.7 Å². The first kappa shape index (κ1) is 17.4. The maximum atomic E-state index is 11.9. The first-order valence-electron chi connectivity index (χ1n) is 10.2. The van der Waals surface area contributed by atoms with E-state index in [0.717, 1.165) is 47.9 Å². The predicted molar refractivity (Wildman–Crippen MR) is 110 cm³/mol. The Labute approximate surface area is 166 Å². The number of hydrogen-bond acceptors (Lipinski definition) is 4. The van der Waals surface area contributed by atoms with Gasteiger partial charge in [-0.05, 0) is 38.3 Å². The molecule has 1 aromatic rings. The second kappa shape index (κ2) is 6.74. The zero-order valence-electron chi connectivity index (χ0n) is 16.5. The average Bonchev–Trinajstić information content (AvgIpc) is 3.20. The van der Waals surface area contributed by atoms with Crippen molar-refractivity contribution in [3.63, 3.8) is 0 Å². The summed E-state index contributed by atoms with van der Waals surface area (Å²) in [5, 5.41) is 3.01. The maximum Gasteiger partial charge on any atom is 0.248 e. The summed E-state index contributed by atoms with van der Waals surface area (Å²) in [7, 11) is 0. The van der Waals surface area contributed by atoms with Crippen molar-refractivity contribution in [3.8, 4) is 0 Å². The number of amidine groups is 1. The molecule has 4 aliphatic heterocycles. The molecule has 5 rings (SSSR count). The Hall–Kier alpha value is -2.66. The van der Waals surface area contributed by atoms with E-state index in [9.17, 15) is 4.79 Å². The molecule has 4 heterocycles. The van der Waals surface area contributed by atoms with Crippen molar-refractivity contribution < 1.29 is 4.79 Å². The highest BCUT2D eigenvalue weighted by molar-refractivity contribution is 6.02. The summed E-state index contributed by atoms with van der Waals surface area (Å²) in [5.74, 6) is 0.906. The molecule has 0 bridgehead atoms. The fourth-order valence-electron chi connectivity index (χ4n) is 4.78. The quantitative estimate of drug-likeness (QED) is 0.883. The van der Waals surface area contributed by atoms with Crippen molar-refractivity contribution in [2.75, 3.05) is 6.54 Å². The topological polar surface area (TPSA) is 47.9 Å². The van der Waals surface area contributed by atoms with Crippen molar-refractivity contribution in [1.82, 2.24) is 15.1 Å². The smallest absolute Gasteiger partial charge is 0.248 e. The van der Waals surface area contributed by atoms with Crippen LogP contribution >= 0.6 is 0 Å². The first-order chi connectivity index (χ1) is 13.6. The molecule has 1 amide bonds. The largest absolute Gasteiger partial charge is 0.324 e. The van der Waals surface area contributed by atoms with Crippen LogP contribution in [0.25, 0.3) is 0 Å². The molecule has 5 heteroatoms. The van der Waals surface area contributed by atoms with Crippen molar-refractivity contribution >= 4 is 11.7 Å². The molecule has 2 atom stereocenters. The number of carbonyl (C=O) groups excluding carboxylic acids is 1. The normalized spacial score (nSPS) is 26.8. The average molecular weight is 374 g/mol. The van der Waals surface area contributed by atoms with E-state index in [1.54, 1.807) is 6.08 Å². The van der Waals surface area contributed by atoms with Gasteiger partial charge in [-0.2, -0.15) is 0 Å². The second-order valence-corrected chi connectivity index (χ2v) is 8.23. The standard InChI is InChI=1S/C23H26N4O/c1-15-3-4-16(2)27(15)14-17-5-7-18(8-6-17)23-24-13-19-9-10-21(28)25-20-11-12-26(23)22(19)20/h5-10,13,15-16H,3-4,11-12,14H2,1-2H3,(H,25,28). The third kappa shape index (κ3) is 2.90. The Balaban J connectivity index is 1.40. The van der Waals surface area contributed by atoms with Crippen LogP contribution in [0.5, 0.6) is 0 Å². The fourth-order valence-corrected chi connectivity index (χ4v) is 4.78. The molecule has 144 valence electrons. The number of aliphatic imine (C=N–C) groups is 1. The van der Waals surface area contributed by atoms with Crippen LogP contribution in [0.15, 0.2) is 64.6 Å². The molecule has 1 aromatic carbocycles. The lowest BCUT2D eigenvalue weighted by molar-refractivity contribution is -0.115. The van der Waals surface area contributed by atoms with Crippen molar-refractivity contribution in [2.24, 2.45) is 4.99 Å². The zero-order chi connectivity index (χ0) is 19.3. The molecule has 1 N–H and O–H groups in total. The summed E-state index contributed by atoms with van der Waals surface area (Å²) in [6.07, 6.45) is 8.74. The lowest BCUT2D eigenvalue weighted by Gasteiger charge is -2.28. The van der Waals surface area contributed by atoms with Crippen LogP contribution in [0, 0.1) is 0 Å². The van der Waals surface area contributed by atoms with Gasteiger partial charge >= 0.3 is 0 Å². The fraction of sp³-hybridized carbons (Fsp3) is 0.391. The lowest BCUT2D eigenvalue weighted by atomic mass is 10.1. The number of hydrogen-bond donors (Lipinski definition) is 1. The highest BCUT2D eigenvalue weighted by Gasteiger charge is 2.33. The lowest BCUT2D eigenvalue weighted by Crippen LogP contribution is -2.32. The van der Waals surface area contributed by atoms with E-state index < -0.39 is 0 Å². The summed E-state index contributed by atoms with van der Waals surface area (Å²) in [6.45, 7) is 6.52. The third-order valence-electron chi connectivity index (χ3n) is 6.40. The molecule has 0 aromatic heterocycles. The molecule has 0 aliphatic carbocycles. The Morgan fingerprint density at radius 2 is 1.86 bits per heavy atom. The molecule has 1 fully saturated rings. The van der Waals surface area contributed by atoms with Crippen LogP contribution in [-0.2, 0) is 11.3 Å².